The van der Waals surface area contributed by atoms with E-state index in [0.717, 1.165) is 27.2 Å². The molecule has 0 aromatic heterocycles. The van der Waals surface area contributed by atoms with Gasteiger partial charge >= 0.3 is 5.97 Å². The Morgan fingerprint density at radius 2 is 0.959 bits per heavy atom. The Morgan fingerprint density at radius 3 is 1.39 bits per heavy atom. The molecule has 49 heavy (non-hydrogen) atoms. The van der Waals surface area contributed by atoms with Crippen LogP contribution in [0.2, 0.25) is 0 Å². The third kappa shape index (κ3) is 4.07. The van der Waals surface area contributed by atoms with Crippen LogP contribution in [0.4, 0.5) is 5.69 Å². The first-order chi connectivity index (χ1) is 23.8. The van der Waals surface area contributed by atoms with Crippen molar-refractivity contribution in [3.63, 3.8) is 0 Å². The predicted octanol–water partition coefficient (Wildman–Crippen LogP) is 7.44. The van der Waals surface area contributed by atoms with E-state index in [1.54, 1.807) is 38.1 Å². The number of fused-ring (bicyclic) bond motifs is 5. The van der Waals surface area contributed by atoms with Gasteiger partial charge in [0.05, 0.1) is 40.0 Å². The van der Waals surface area contributed by atoms with Gasteiger partial charge in [-0.15, -0.1) is 0 Å². The fraction of sp³-hybridized carbons (Fsp3) is 0.163. The summed E-state index contributed by atoms with van der Waals surface area (Å²) >= 11 is 0. The first-order valence-corrected chi connectivity index (χ1v) is 16.5. The fourth-order valence-corrected chi connectivity index (χ4v) is 8.69. The van der Waals surface area contributed by atoms with Gasteiger partial charge in [-0.25, -0.2) is 9.69 Å². The molecule has 0 radical (unpaired) electrons. The number of ether oxygens (including phenoxy) is 1. The number of amides is 2. The first-order valence-electron chi connectivity index (χ1n) is 16.5. The van der Waals surface area contributed by atoms with Crippen molar-refractivity contribution in [3.8, 4) is 0 Å². The topological polar surface area (TPSA) is 80.8 Å². The van der Waals surface area contributed by atoms with Crippen molar-refractivity contribution in [2.75, 3.05) is 4.90 Å². The lowest BCUT2D eigenvalue weighted by atomic mass is 9.59. The highest BCUT2D eigenvalue weighted by Gasteiger charge is 2.82. The SMILES string of the molecule is CC(C)OC(=O)c1ccccc1N1C(=O)[C@@H]2[C@H](C1=O)[C@@]1(c3ccccc3)C(=O)[C@@]2(c2ccccc2)C(c2ccccc2)=C1c1ccccc1. The van der Waals surface area contributed by atoms with Crippen LogP contribution in [-0.2, 0) is 30.0 Å². The van der Waals surface area contributed by atoms with Crippen molar-refractivity contribution in [2.45, 2.75) is 30.8 Å². The summed E-state index contributed by atoms with van der Waals surface area (Å²) in [5.74, 6) is -4.05. The molecular weight excluding hydrogens is 610 g/mol. The van der Waals surface area contributed by atoms with Crippen LogP contribution >= 0.6 is 0 Å². The Balaban J connectivity index is 1.50. The molecule has 6 nitrogen and oxygen atoms in total. The molecule has 5 aromatic rings. The number of esters is 1. The summed E-state index contributed by atoms with van der Waals surface area (Å²) in [6, 6.07) is 44.8. The second-order valence-corrected chi connectivity index (χ2v) is 13.1. The molecule has 2 amide bonds. The molecule has 2 fully saturated rings. The minimum Gasteiger partial charge on any atom is -0.459 e. The number of hydrogen-bond acceptors (Lipinski definition) is 5. The number of benzene rings is 5. The molecule has 1 aliphatic heterocycles. The molecule has 240 valence electrons. The second kappa shape index (κ2) is 11.4. The molecule has 1 saturated heterocycles. The maximum atomic E-state index is 16.0. The lowest BCUT2D eigenvalue weighted by molar-refractivity contribution is -0.130. The van der Waals surface area contributed by atoms with Gasteiger partial charge in [0.2, 0.25) is 11.8 Å². The Morgan fingerprint density at radius 1 is 0.571 bits per heavy atom. The summed E-state index contributed by atoms with van der Waals surface area (Å²) < 4.78 is 5.55. The van der Waals surface area contributed by atoms with Crippen LogP contribution in [0.5, 0.6) is 0 Å². The number of hydrogen-bond donors (Lipinski definition) is 0. The Kier molecular flexibility index (Phi) is 7.07. The average molecular weight is 644 g/mol. The highest BCUT2D eigenvalue weighted by atomic mass is 16.5. The zero-order chi connectivity index (χ0) is 33.9. The molecule has 3 aliphatic rings. The number of carbonyl (C=O) groups excluding carboxylic acids is 4. The van der Waals surface area contributed by atoms with E-state index in [4.69, 9.17) is 4.74 Å². The molecule has 6 heteroatoms. The summed E-state index contributed by atoms with van der Waals surface area (Å²) in [7, 11) is 0. The molecular formula is C43H33NO5. The van der Waals surface area contributed by atoms with Gasteiger partial charge in [0, 0.05) is 0 Å². The minimum atomic E-state index is -1.52. The van der Waals surface area contributed by atoms with E-state index in [9.17, 15) is 4.79 Å². The van der Waals surface area contributed by atoms with Crippen molar-refractivity contribution in [1.29, 1.82) is 0 Å². The summed E-state index contributed by atoms with van der Waals surface area (Å²) in [6.45, 7) is 3.49. The van der Waals surface area contributed by atoms with Crippen molar-refractivity contribution >= 4 is 40.4 Å². The maximum absolute atomic E-state index is 16.0. The fourth-order valence-electron chi connectivity index (χ4n) is 8.69. The van der Waals surface area contributed by atoms with Crippen LogP contribution in [-0.4, -0.2) is 29.7 Å². The molecule has 2 aliphatic carbocycles. The summed E-state index contributed by atoms with van der Waals surface area (Å²) in [6.07, 6.45) is -0.410. The van der Waals surface area contributed by atoms with Crippen LogP contribution in [0.25, 0.3) is 11.1 Å². The number of imide groups is 1. The first kappa shape index (κ1) is 30.5. The lowest BCUT2D eigenvalue weighted by Crippen LogP contribution is -2.46. The monoisotopic (exact) mass is 643 g/mol. The van der Waals surface area contributed by atoms with Crippen molar-refractivity contribution < 1.29 is 23.9 Å². The smallest absolute Gasteiger partial charge is 0.340 e. The van der Waals surface area contributed by atoms with Gasteiger partial charge in [0.1, 0.15) is 0 Å². The van der Waals surface area contributed by atoms with E-state index in [1.165, 1.54) is 0 Å². The van der Waals surface area contributed by atoms with Gasteiger partial charge in [-0.05, 0) is 59.4 Å². The standard InChI is InChI=1S/C43H33NO5/c1-27(2)49-40(47)32-25-15-16-26-33(32)44-38(45)36-37(39(44)46)43(31-23-13-6-14-24-31)35(29-19-9-4-10-20-29)34(28-17-7-3-8-18-28)42(36,41(43)48)30-21-11-5-12-22-30/h3-27,36-37H,1-2H3/t36-,37+,42-,43-/m0/s1. The number of para-hydroxylation sites is 1. The summed E-state index contributed by atoms with van der Waals surface area (Å²) in [5.41, 5.74) is 1.54. The Labute approximate surface area is 284 Å². The largest absolute Gasteiger partial charge is 0.459 e. The number of ketones is 1. The van der Waals surface area contributed by atoms with Gasteiger partial charge in [0.15, 0.2) is 5.78 Å². The highest BCUT2D eigenvalue weighted by Crippen LogP contribution is 2.74. The molecule has 0 unspecified atom stereocenters. The van der Waals surface area contributed by atoms with E-state index in [1.807, 2.05) is 121 Å². The van der Waals surface area contributed by atoms with E-state index in [0.29, 0.717) is 11.1 Å². The summed E-state index contributed by atoms with van der Waals surface area (Å²) in [4.78, 5) is 61.1. The third-order valence-electron chi connectivity index (χ3n) is 10.3. The molecule has 1 saturated carbocycles. The summed E-state index contributed by atoms with van der Waals surface area (Å²) in [5, 5.41) is 0. The van der Waals surface area contributed by atoms with E-state index < -0.39 is 46.6 Å². The van der Waals surface area contributed by atoms with Crippen molar-refractivity contribution in [3.05, 3.63) is 173 Å². The van der Waals surface area contributed by atoms with Crippen LogP contribution in [0, 0.1) is 11.8 Å². The highest BCUT2D eigenvalue weighted by molar-refractivity contribution is 6.39. The third-order valence-corrected chi connectivity index (χ3v) is 10.3. The number of rotatable bonds is 7. The van der Waals surface area contributed by atoms with Crippen LogP contribution in [0.1, 0.15) is 46.5 Å². The molecule has 4 atom stereocenters. The van der Waals surface area contributed by atoms with Gasteiger partial charge in [-0.1, -0.05) is 133 Å². The number of nitrogens with zero attached hydrogens (tertiary/aromatic N) is 1. The van der Waals surface area contributed by atoms with Crippen LogP contribution in [0.15, 0.2) is 146 Å². The molecule has 0 spiro atoms. The Hall–Kier alpha value is -5.88. The van der Waals surface area contributed by atoms with Crippen molar-refractivity contribution in [2.24, 2.45) is 11.8 Å². The number of carbonyl (C=O) groups is 4. The lowest BCUT2D eigenvalue weighted by Gasteiger charge is -2.39. The normalized spacial score (nSPS) is 24.1. The van der Waals surface area contributed by atoms with Crippen LogP contribution < -0.4 is 4.90 Å². The molecule has 2 bridgehead atoms. The number of anilines is 1. The Bertz CT molecular complexity index is 2040. The average Bonchev–Trinajstić information content (AvgIpc) is 3.65. The zero-order valence-electron chi connectivity index (χ0n) is 27.1. The maximum Gasteiger partial charge on any atom is 0.340 e. The van der Waals surface area contributed by atoms with E-state index >= 15 is 14.4 Å². The number of Topliss-reactive ketones (excluding diaryl/α,β-unsaturated/α-hetero) is 1. The van der Waals surface area contributed by atoms with E-state index in [-0.39, 0.29) is 17.0 Å². The van der Waals surface area contributed by atoms with Crippen LogP contribution in [0.3, 0.4) is 0 Å². The van der Waals surface area contributed by atoms with Crippen molar-refractivity contribution in [1.82, 2.24) is 0 Å². The molecule has 1 heterocycles. The predicted molar refractivity (Wildman–Crippen MR) is 187 cm³/mol. The van der Waals surface area contributed by atoms with E-state index in [2.05, 4.69) is 0 Å². The molecule has 5 aromatic carbocycles. The van der Waals surface area contributed by atoms with Gasteiger partial charge < -0.3 is 4.74 Å². The number of allylic oxidation sites excluding steroid dienone is 2. The molecule has 8 rings (SSSR count). The second-order valence-electron chi connectivity index (χ2n) is 13.1. The quantitative estimate of drug-likeness (QED) is 0.136. The van der Waals surface area contributed by atoms with Gasteiger partial charge in [-0.3, -0.25) is 14.4 Å². The van der Waals surface area contributed by atoms with Gasteiger partial charge in [-0.2, -0.15) is 0 Å². The minimum absolute atomic E-state index is 0.110. The molecule has 0 N–H and O–H groups in total. The van der Waals surface area contributed by atoms with Gasteiger partial charge in [0.25, 0.3) is 0 Å². The zero-order valence-corrected chi connectivity index (χ0v) is 27.1.